The van der Waals surface area contributed by atoms with Gasteiger partial charge in [0.25, 0.3) is 0 Å². The standard InChI is InChI=1S/C13H16N2O4/c16-12(9-13(17)18)14-10-1-3-11(4-2-10)15-5-7-19-8-6-15/h1-4H,5-9H2,(H,14,16)(H,17,18). The summed E-state index contributed by atoms with van der Waals surface area (Å²) in [6, 6.07) is 7.35. The van der Waals surface area contributed by atoms with Gasteiger partial charge in [-0.2, -0.15) is 0 Å². The summed E-state index contributed by atoms with van der Waals surface area (Å²) in [7, 11) is 0. The molecule has 0 aliphatic carbocycles. The molecule has 0 saturated carbocycles. The number of carbonyl (C=O) groups is 2. The van der Waals surface area contributed by atoms with Crippen molar-refractivity contribution in [3.05, 3.63) is 24.3 Å². The van der Waals surface area contributed by atoms with Gasteiger partial charge in [0.2, 0.25) is 5.91 Å². The summed E-state index contributed by atoms with van der Waals surface area (Å²) in [4.78, 5) is 23.9. The van der Waals surface area contributed by atoms with Gasteiger partial charge in [-0.15, -0.1) is 0 Å². The third kappa shape index (κ3) is 3.96. The number of aliphatic carboxylic acids is 1. The van der Waals surface area contributed by atoms with E-state index in [1.54, 1.807) is 12.1 Å². The summed E-state index contributed by atoms with van der Waals surface area (Å²) in [5.41, 5.74) is 1.67. The molecule has 6 nitrogen and oxygen atoms in total. The third-order valence-corrected chi connectivity index (χ3v) is 2.84. The third-order valence-electron chi connectivity index (χ3n) is 2.84. The van der Waals surface area contributed by atoms with E-state index in [9.17, 15) is 9.59 Å². The Balaban J connectivity index is 1.94. The van der Waals surface area contributed by atoms with Crippen molar-refractivity contribution in [1.82, 2.24) is 0 Å². The van der Waals surface area contributed by atoms with E-state index in [1.807, 2.05) is 12.1 Å². The highest BCUT2D eigenvalue weighted by Gasteiger charge is 2.11. The van der Waals surface area contributed by atoms with Crippen molar-refractivity contribution in [2.24, 2.45) is 0 Å². The number of carbonyl (C=O) groups excluding carboxylic acids is 1. The van der Waals surface area contributed by atoms with Crippen LogP contribution in [0.3, 0.4) is 0 Å². The topological polar surface area (TPSA) is 78.9 Å². The molecule has 1 aliphatic heterocycles. The summed E-state index contributed by atoms with van der Waals surface area (Å²) in [6.45, 7) is 3.14. The molecule has 102 valence electrons. The molecule has 1 amide bonds. The molecule has 2 N–H and O–H groups in total. The number of amides is 1. The van der Waals surface area contributed by atoms with E-state index in [4.69, 9.17) is 9.84 Å². The predicted octanol–water partition coefficient (Wildman–Crippen LogP) is 0.936. The number of carboxylic acids is 1. The summed E-state index contributed by atoms with van der Waals surface area (Å²) in [6.07, 6.45) is -0.523. The molecule has 0 spiro atoms. The first kappa shape index (κ1) is 13.4. The van der Waals surface area contributed by atoms with E-state index >= 15 is 0 Å². The lowest BCUT2D eigenvalue weighted by molar-refractivity contribution is -0.139. The van der Waals surface area contributed by atoms with Crippen LogP contribution in [0.1, 0.15) is 6.42 Å². The van der Waals surface area contributed by atoms with Crippen LogP contribution < -0.4 is 10.2 Å². The first-order chi connectivity index (χ1) is 9.15. The molecule has 19 heavy (non-hydrogen) atoms. The Bertz CT molecular complexity index is 452. The lowest BCUT2D eigenvalue weighted by Gasteiger charge is -2.28. The van der Waals surface area contributed by atoms with E-state index in [0.29, 0.717) is 5.69 Å². The average molecular weight is 264 g/mol. The van der Waals surface area contributed by atoms with Gasteiger partial charge in [-0.25, -0.2) is 0 Å². The molecule has 6 heteroatoms. The van der Waals surface area contributed by atoms with Gasteiger partial charge in [0.1, 0.15) is 6.42 Å². The Morgan fingerprint density at radius 1 is 1.21 bits per heavy atom. The largest absolute Gasteiger partial charge is 0.481 e. The van der Waals surface area contributed by atoms with Crippen LogP contribution in [0.4, 0.5) is 11.4 Å². The van der Waals surface area contributed by atoms with E-state index < -0.39 is 18.3 Å². The number of carboxylic acid groups (broad SMARTS) is 1. The van der Waals surface area contributed by atoms with Crippen LogP contribution in [0, 0.1) is 0 Å². The molecular weight excluding hydrogens is 248 g/mol. The molecule has 0 aromatic heterocycles. The number of nitrogens with one attached hydrogen (secondary N) is 1. The molecule has 2 rings (SSSR count). The minimum atomic E-state index is -1.14. The fourth-order valence-electron chi connectivity index (χ4n) is 1.92. The first-order valence-electron chi connectivity index (χ1n) is 6.09. The van der Waals surface area contributed by atoms with Crippen molar-refractivity contribution in [2.45, 2.75) is 6.42 Å². The van der Waals surface area contributed by atoms with Crippen molar-refractivity contribution < 1.29 is 19.4 Å². The van der Waals surface area contributed by atoms with Crippen LogP contribution in [0.5, 0.6) is 0 Å². The molecule has 1 saturated heterocycles. The maximum Gasteiger partial charge on any atom is 0.312 e. The second-order valence-electron chi connectivity index (χ2n) is 4.26. The first-order valence-corrected chi connectivity index (χ1v) is 6.09. The molecule has 1 aromatic carbocycles. The molecule has 0 atom stereocenters. The van der Waals surface area contributed by atoms with Gasteiger partial charge in [-0.1, -0.05) is 0 Å². The predicted molar refractivity (Wildman–Crippen MR) is 70.4 cm³/mol. The Morgan fingerprint density at radius 2 is 1.84 bits per heavy atom. The quantitative estimate of drug-likeness (QED) is 0.791. The molecule has 0 unspecified atom stereocenters. The van der Waals surface area contributed by atoms with Crippen molar-refractivity contribution in [3.8, 4) is 0 Å². The van der Waals surface area contributed by atoms with Gasteiger partial charge in [-0.05, 0) is 24.3 Å². The lowest BCUT2D eigenvalue weighted by Crippen LogP contribution is -2.36. The molecule has 1 aromatic rings. The van der Waals surface area contributed by atoms with Gasteiger partial charge in [0, 0.05) is 24.5 Å². The van der Waals surface area contributed by atoms with Gasteiger partial charge in [0.15, 0.2) is 0 Å². The molecule has 0 bridgehead atoms. The Hall–Kier alpha value is -2.08. The van der Waals surface area contributed by atoms with E-state index in [0.717, 1.165) is 32.0 Å². The van der Waals surface area contributed by atoms with Gasteiger partial charge >= 0.3 is 5.97 Å². The fourth-order valence-corrected chi connectivity index (χ4v) is 1.92. The Morgan fingerprint density at radius 3 is 2.42 bits per heavy atom. The zero-order valence-electron chi connectivity index (χ0n) is 10.5. The second-order valence-corrected chi connectivity index (χ2v) is 4.26. The number of benzene rings is 1. The molecule has 1 heterocycles. The maximum absolute atomic E-state index is 11.3. The minimum Gasteiger partial charge on any atom is -0.481 e. The zero-order valence-corrected chi connectivity index (χ0v) is 10.5. The van der Waals surface area contributed by atoms with E-state index in [1.165, 1.54) is 0 Å². The van der Waals surface area contributed by atoms with Crippen LogP contribution >= 0.6 is 0 Å². The number of nitrogens with zero attached hydrogens (tertiary/aromatic N) is 1. The number of morpholine rings is 1. The van der Waals surface area contributed by atoms with Crippen molar-refractivity contribution >= 4 is 23.3 Å². The molecule has 0 radical (unpaired) electrons. The van der Waals surface area contributed by atoms with Crippen molar-refractivity contribution in [3.63, 3.8) is 0 Å². The lowest BCUT2D eigenvalue weighted by atomic mass is 10.2. The van der Waals surface area contributed by atoms with Crippen LogP contribution in [0.15, 0.2) is 24.3 Å². The summed E-state index contributed by atoms with van der Waals surface area (Å²) >= 11 is 0. The average Bonchev–Trinajstić information content (AvgIpc) is 2.39. The Labute approximate surface area is 111 Å². The highest BCUT2D eigenvalue weighted by atomic mass is 16.5. The highest BCUT2D eigenvalue weighted by Crippen LogP contribution is 2.19. The zero-order chi connectivity index (χ0) is 13.7. The summed E-state index contributed by atoms with van der Waals surface area (Å²) in [5.74, 6) is -1.66. The summed E-state index contributed by atoms with van der Waals surface area (Å²) < 4.78 is 5.28. The number of rotatable bonds is 4. The van der Waals surface area contributed by atoms with E-state index in [-0.39, 0.29) is 0 Å². The molecular formula is C13H16N2O4. The van der Waals surface area contributed by atoms with Gasteiger partial charge in [-0.3, -0.25) is 9.59 Å². The molecule has 1 fully saturated rings. The Kier molecular flexibility index (Phi) is 4.35. The smallest absolute Gasteiger partial charge is 0.312 e. The normalized spacial score (nSPS) is 15.1. The number of hydrogen-bond donors (Lipinski definition) is 2. The van der Waals surface area contributed by atoms with Gasteiger partial charge < -0.3 is 20.1 Å². The van der Waals surface area contributed by atoms with Crippen LogP contribution in [0.2, 0.25) is 0 Å². The maximum atomic E-state index is 11.3. The highest BCUT2D eigenvalue weighted by molar-refractivity contribution is 6.01. The SMILES string of the molecule is O=C(O)CC(=O)Nc1ccc(N2CCOCC2)cc1. The number of ether oxygens (including phenoxy) is 1. The van der Waals surface area contributed by atoms with Crippen LogP contribution in [-0.4, -0.2) is 43.3 Å². The van der Waals surface area contributed by atoms with E-state index in [2.05, 4.69) is 10.2 Å². The van der Waals surface area contributed by atoms with Crippen LogP contribution in [-0.2, 0) is 14.3 Å². The molecule has 1 aliphatic rings. The van der Waals surface area contributed by atoms with Crippen LogP contribution in [0.25, 0.3) is 0 Å². The number of anilines is 2. The van der Waals surface area contributed by atoms with Crippen molar-refractivity contribution in [2.75, 3.05) is 36.5 Å². The van der Waals surface area contributed by atoms with Gasteiger partial charge in [0.05, 0.1) is 13.2 Å². The minimum absolute atomic E-state index is 0.522. The fraction of sp³-hybridized carbons (Fsp3) is 0.385. The van der Waals surface area contributed by atoms with Crippen molar-refractivity contribution in [1.29, 1.82) is 0 Å². The monoisotopic (exact) mass is 264 g/mol. The number of hydrogen-bond acceptors (Lipinski definition) is 4. The second kappa shape index (κ2) is 6.19. The summed E-state index contributed by atoms with van der Waals surface area (Å²) in [5, 5.41) is 11.0.